The van der Waals surface area contributed by atoms with Crippen LogP contribution in [0.5, 0.6) is 0 Å². The van der Waals surface area contributed by atoms with Gasteiger partial charge in [0.2, 0.25) is 0 Å². The van der Waals surface area contributed by atoms with E-state index in [2.05, 4.69) is 9.71 Å². The number of nitrogens with one attached hydrogen (secondary N) is 1. The lowest BCUT2D eigenvalue weighted by atomic mass is 10.7. The predicted octanol–water partition coefficient (Wildman–Crippen LogP) is -0.169. The molecule has 1 heterocycles. The van der Waals surface area contributed by atoms with Crippen LogP contribution in [-0.4, -0.2) is 44.2 Å². The van der Waals surface area contributed by atoms with Crippen LogP contribution < -0.4 is 4.72 Å². The Morgan fingerprint density at radius 3 is 2.88 bits per heavy atom. The van der Waals surface area contributed by atoms with Crippen LogP contribution in [0.1, 0.15) is 5.01 Å². The second-order valence-electron chi connectivity index (χ2n) is 3.04. The molecule has 0 unspecified atom stereocenters. The number of ether oxygens (including phenoxy) is 1. The number of aliphatic carboxylic acids is 1. The molecule has 0 fully saturated rings. The number of carboxylic acid groups (broad SMARTS) is 1. The zero-order valence-corrected chi connectivity index (χ0v) is 10.7. The van der Waals surface area contributed by atoms with E-state index in [-0.39, 0.29) is 17.4 Å². The van der Waals surface area contributed by atoms with Gasteiger partial charge in [0.25, 0.3) is 10.0 Å². The highest BCUT2D eigenvalue weighted by Gasteiger charge is 2.16. The Bertz CT molecular complexity index is 482. The van der Waals surface area contributed by atoms with Gasteiger partial charge in [-0.1, -0.05) is 0 Å². The zero-order chi connectivity index (χ0) is 12.9. The first-order valence-corrected chi connectivity index (χ1v) is 6.93. The molecule has 0 aromatic carbocycles. The Balaban J connectivity index is 2.38. The van der Waals surface area contributed by atoms with Crippen LogP contribution in [0.15, 0.2) is 10.4 Å². The van der Waals surface area contributed by atoms with Crippen molar-refractivity contribution in [1.29, 1.82) is 0 Å². The molecule has 0 saturated carbocycles. The van der Waals surface area contributed by atoms with E-state index >= 15 is 0 Å². The molecule has 7 nitrogen and oxygen atoms in total. The maximum Gasteiger partial charge on any atom is 0.329 e. The fourth-order valence-corrected chi connectivity index (χ4v) is 3.11. The fourth-order valence-electron chi connectivity index (χ4n) is 0.945. The van der Waals surface area contributed by atoms with Crippen LogP contribution >= 0.6 is 11.3 Å². The monoisotopic (exact) mass is 280 g/mol. The van der Waals surface area contributed by atoms with Gasteiger partial charge in [0.05, 0.1) is 17.8 Å². The summed E-state index contributed by atoms with van der Waals surface area (Å²) in [4.78, 5) is 14.0. The summed E-state index contributed by atoms with van der Waals surface area (Å²) in [5, 5.41) is 8.94. The second-order valence-corrected chi connectivity index (χ2v) is 6.27. The van der Waals surface area contributed by atoms with Crippen LogP contribution in [0, 0.1) is 6.92 Å². The minimum absolute atomic E-state index is 0.00329. The second kappa shape index (κ2) is 6.05. The van der Waals surface area contributed by atoms with Gasteiger partial charge < -0.3 is 9.84 Å². The Morgan fingerprint density at radius 1 is 1.65 bits per heavy atom. The third kappa shape index (κ3) is 4.77. The van der Waals surface area contributed by atoms with Crippen LogP contribution in [0.2, 0.25) is 0 Å². The lowest BCUT2D eigenvalue weighted by Gasteiger charge is -2.04. The molecule has 0 aliphatic rings. The first-order valence-electron chi connectivity index (χ1n) is 4.63. The highest BCUT2D eigenvalue weighted by atomic mass is 32.2. The molecule has 9 heteroatoms. The quantitative estimate of drug-likeness (QED) is 0.672. The van der Waals surface area contributed by atoms with Crippen LogP contribution in [0.3, 0.4) is 0 Å². The average Bonchev–Trinajstić information content (AvgIpc) is 2.64. The van der Waals surface area contributed by atoms with Gasteiger partial charge >= 0.3 is 5.97 Å². The Kier molecular flexibility index (Phi) is 5.00. The molecule has 0 atom stereocenters. The van der Waals surface area contributed by atoms with Crippen LogP contribution in [-0.2, 0) is 19.6 Å². The molecule has 96 valence electrons. The van der Waals surface area contributed by atoms with Gasteiger partial charge in [0.15, 0.2) is 4.21 Å². The number of hydrogen-bond acceptors (Lipinski definition) is 6. The van der Waals surface area contributed by atoms with E-state index in [0.29, 0.717) is 5.01 Å². The van der Waals surface area contributed by atoms with Crippen molar-refractivity contribution in [2.75, 3.05) is 19.8 Å². The number of aromatic nitrogens is 1. The molecule has 1 aromatic heterocycles. The summed E-state index contributed by atoms with van der Waals surface area (Å²) < 4.78 is 30.4. The Morgan fingerprint density at radius 2 is 2.35 bits per heavy atom. The SMILES string of the molecule is Cc1ncc(S(=O)(=O)NCCOCC(=O)O)s1. The summed E-state index contributed by atoms with van der Waals surface area (Å²) in [5.74, 6) is -1.09. The zero-order valence-electron chi connectivity index (χ0n) is 9.04. The molecule has 0 aliphatic carbocycles. The van der Waals surface area contributed by atoms with Crippen molar-refractivity contribution < 1.29 is 23.1 Å². The van der Waals surface area contributed by atoms with Gasteiger partial charge in [-0.15, -0.1) is 11.3 Å². The topological polar surface area (TPSA) is 106 Å². The van der Waals surface area contributed by atoms with E-state index in [1.54, 1.807) is 6.92 Å². The van der Waals surface area contributed by atoms with Crippen LogP contribution in [0.25, 0.3) is 0 Å². The highest BCUT2D eigenvalue weighted by molar-refractivity contribution is 7.91. The molecule has 0 saturated heterocycles. The fraction of sp³-hybridized carbons (Fsp3) is 0.500. The van der Waals surface area contributed by atoms with Crippen molar-refractivity contribution in [1.82, 2.24) is 9.71 Å². The molecule has 0 bridgehead atoms. The number of hydrogen-bond donors (Lipinski definition) is 2. The smallest absolute Gasteiger partial charge is 0.329 e. The maximum absolute atomic E-state index is 11.6. The van der Waals surface area contributed by atoms with Crippen LogP contribution in [0.4, 0.5) is 0 Å². The first kappa shape index (κ1) is 14.0. The van der Waals surface area contributed by atoms with E-state index in [4.69, 9.17) is 9.84 Å². The van der Waals surface area contributed by atoms with E-state index < -0.39 is 22.6 Å². The molecule has 1 rings (SSSR count). The average molecular weight is 280 g/mol. The summed E-state index contributed by atoms with van der Waals surface area (Å²) >= 11 is 1.07. The summed E-state index contributed by atoms with van der Waals surface area (Å²) in [7, 11) is -3.56. The minimum atomic E-state index is -3.56. The van der Waals surface area contributed by atoms with Crippen molar-refractivity contribution in [2.45, 2.75) is 11.1 Å². The van der Waals surface area contributed by atoms with Crippen molar-refractivity contribution >= 4 is 27.3 Å². The van der Waals surface area contributed by atoms with E-state index in [1.807, 2.05) is 0 Å². The predicted molar refractivity (Wildman–Crippen MR) is 60.5 cm³/mol. The van der Waals surface area contributed by atoms with Crippen molar-refractivity contribution in [3.8, 4) is 0 Å². The number of carboxylic acids is 1. The highest BCUT2D eigenvalue weighted by Crippen LogP contribution is 2.16. The minimum Gasteiger partial charge on any atom is -0.480 e. The molecule has 0 aliphatic heterocycles. The number of aryl methyl sites for hydroxylation is 1. The van der Waals surface area contributed by atoms with Crippen molar-refractivity contribution in [3.05, 3.63) is 11.2 Å². The van der Waals surface area contributed by atoms with Gasteiger partial charge in [-0.2, -0.15) is 0 Å². The molecule has 17 heavy (non-hydrogen) atoms. The van der Waals surface area contributed by atoms with Gasteiger partial charge in [-0.05, 0) is 6.92 Å². The Hall–Kier alpha value is -1.03. The molecule has 2 N–H and O–H groups in total. The van der Waals surface area contributed by atoms with Gasteiger partial charge in [0, 0.05) is 6.54 Å². The number of rotatable bonds is 7. The maximum atomic E-state index is 11.6. The molecular weight excluding hydrogens is 268 g/mol. The normalized spacial score (nSPS) is 11.6. The van der Waals surface area contributed by atoms with E-state index in [1.165, 1.54) is 6.20 Å². The summed E-state index contributed by atoms with van der Waals surface area (Å²) in [5.41, 5.74) is 0. The van der Waals surface area contributed by atoms with Gasteiger partial charge in [0.1, 0.15) is 6.61 Å². The molecule has 0 radical (unpaired) electrons. The third-order valence-electron chi connectivity index (χ3n) is 1.63. The number of carbonyl (C=O) groups is 1. The van der Waals surface area contributed by atoms with Crippen molar-refractivity contribution in [2.24, 2.45) is 0 Å². The third-order valence-corrected chi connectivity index (χ3v) is 4.46. The molecular formula is C8H12N2O5S2. The number of thiazole rings is 1. The summed E-state index contributed by atoms with van der Waals surface area (Å²) in [6.07, 6.45) is 1.28. The lowest BCUT2D eigenvalue weighted by Crippen LogP contribution is -2.27. The standard InChI is InChI=1S/C8H12N2O5S2/c1-6-9-4-8(16-6)17(13,14)10-2-3-15-5-7(11)12/h4,10H,2-3,5H2,1H3,(H,11,12). The lowest BCUT2D eigenvalue weighted by molar-refractivity contribution is -0.142. The van der Waals surface area contributed by atoms with Gasteiger partial charge in [-0.25, -0.2) is 22.9 Å². The number of sulfonamides is 1. The van der Waals surface area contributed by atoms with Crippen molar-refractivity contribution in [3.63, 3.8) is 0 Å². The Labute approximate surface area is 102 Å². The molecule has 0 spiro atoms. The van der Waals surface area contributed by atoms with E-state index in [0.717, 1.165) is 11.3 Å². The molecule has 1 aromatic rings. The summed E-state index contributed by atoms with van der Waals surface area (Å²) in [6.45, 7) is 1.29. The van der Waals surface area contributed by atoms with Gasteiger partial charge in [-0.3, -0.25) is 0 Å². The number of nitrogens with zero attached hydrogens (tertiary/aromatic N) is 1. The first-order chi connectivity index (χ1) is 7.92. The largest absolute Gasteiger partial charge is 0.480 e. The molecule has 0 amide bonds. The van der Waals surface area contributed by atoms with E-state index in [9.17, 15) is 13.2 Å². The summed E-state index contributed by atoms with van der Waals surface area (Å²) in [6, 6.07) is 0.